The van der Waals surface area contributed by atoms with Gasteiger partial charge in [0.1, 0.15) is 5.56 Å². The summed E-state index contributed by atoms with van der Waals surface area (Å²) in [7, 11) is 2.79. The molecule has 2 heterocycles. The number of allylic oxidation sites excluding steroid dienone is 1. The second-order valence-electron chi connectivity index (χ2n) is 4.82. The van der Waals surface area contributed by atoms with Gasteiger partial charge in [0.05, 0.1) is 5.69 Å². The van der Waals surface area contributed by atoms with E-state index >= 15 is 0 Å². The molecule has 0 bridgehead atoms. The topological polar surface area (TPSA) is 76.6 Å². The zero-order chi connectivity index (χ0) is 15.1. The Bertz CT molecular complexity index is 917. The Morgan fingerprint density at radius 2 is 1.86 bits per heavy atom. The summed E-state index contributed by atoms with van der Waals surface area (Å²) in [6.07, 6.45) is 3.18. The average molecular weight is 283 g/mol. The van der Waals surface area contributed by atoms with Gasteiger partial charge < -0.3 is 5.11 Å². The van der Waals surface area contributed by atoms with E-state index in [1.165, 1.54) is 14.1 Å². The molecule has 6 nitrogen and oxygen atoms in total. The van der Waals surface area contributed by atoms with Gasteiger partial charge in [-0.3, -0.25) is 18.9 Å². The van der Waals surface area contributed by atoms with Crippen LogP contribution in [0.15, 0.2) is 38.8 Å². The number of aromatic nitrogens is 2. The summed E-state index contributed by atoms with van der Waals surface area (Å²) in [5.41, 5.74) is 1.37. The number of nitrogens with zero attached hydrogens (tertiary/aromatic N) is 3. The Balaban J connectivity index is 2.26. The van der Waals surface area contributed by atoms with Gasteiger partial charge in [-0.2, -0.15) is 0 Å². The number of aromatic hydroxyl groups is 1. The fourth-order valence-corrected chi connectivity index (χ4v) is 2.30. The number of aliphatic imine (C=N–C) groups is 1. The van der Waals surface area contributed by atoms with Crippen LogP contribution in [0.1, 0.15) is 11.1 Å². The van der Waals surface area contributed by atoms with Gasteiger partial charge in [0.2, 0.25) is 5.88 Å². The van der Waals surface area contributed by atoms with Gasteiger partial charge >= 0.3 is 5.69 Å². The zero-order valence-electron chi connectivity index (χ0n) is 11.6. The van der Waals surface area contributed by atoms with Gasteiger partial charge in [0, 0.05) is 31.4 Å². The smallest absolute Gasteiger partial charge is 0.333 e. The lowest BCUT2D eigenvalue weighted by Crippen LogP contribution is -2.37. The summed E-state index contributed by atoms with van der Waals surface area (Å²) in [6.45, 7) is 0. The first kappa shape index (κ1) is 13.1. The molecule has 106 valence electrons. The summed E-state index contributed by atoms with van der Waals surface area (Å²) in [6, 6.07) is 7.50. The average Bonchev–Trinajstić information content (AvgIpc) is 2.91. The molecule has 0 spiro atoms. The molecule has 0 aliphatic carbocycles. The summed E-state index contributed by atoms with van der Waals surface area (Å²) < 4.78 is 2.00. The van der Waals surface area contributed by atoms with Crippen molar-refractivity contribution in [2.75, 3.05) is 0 Å². The van der Waals surface area contributed by atoms with E-state index in [0.717, 1.165) is 26.0 Å². The molecule has 0 saturated carbocycles. The van der Waals surface area contributed by atoms with Crippen molar-refractivity contribution in [1.82, 2.24) is 9.13 Å². The summed E-state index contributed by atoms with van der Waals surface area (Å²) in [5.74, 6) is -0.353. The fraction of sp³-hybridized carbons (Fsp3) is 0.133. The number of hydrogen-bond acceptors (Lipinski definition) is 4. The van der Waals surface area contributed by atoms with E-state index in [-0.39, 0.29) is 11.4 Å². The minimum atomic E-state index is -0.569. The third-order valence-corrected chi connectivity index (χ3v) is 3.53. The van der Waals surface area contributed by atoms with Crippen molar-refractivity contribution < 1.29 is 5.11 Å². The van der Waals surface area contributed by atoms with Crippen molar-refractivity contribution in [3.05, 3.63) is 56.2 Å². The molecule has 6 heteroatoms. The quantitative estimate of drug-likeness (QED) is 0.849. The maximum absolute atomic E-state index is 12.2. The minimum absolute atomic E-state index is 0.0674. The predicted molar refractivity (Wildman–Crippen MR) is 81.1 cm³/mol. The van der Waals surface area contributed by atoms with Crippen LogP contribution in [0.4, 0.5) is 5.69 Å². The van der Waals surface area contributed by atoms with E-state index < -0.39 is 11.2 Å². The number of hydrogen-bond donors (Lipinski definition) is 1. The fourth-order valence-electron chi connectivity index (χ4n) is 2.30. The van der Waals surface area contributed by atoms with Crippen molar-refractivity contribution >= 4 is 23.6 Å². The molecule has 21 heavy (non-hydrogen) atoms. The highest BCUT2D eigenvalue weighted by Crippen LogP contribution is 2.32. The van der Waals surface area contributed by atoms with Crippen LogP contribution in [0.5, 0.6) is 5.88 Å². The number of para-hydroxylation sites is 1. The van der Waals surface area contributed by atoms with Gasteiger partial charge in [-0.1, -0.05) is 18.2 Å². The molecular formula is C15H13N3O3. The number of fused-ring (bicyclic) bond motifs is 1. The van der Waals surface area contributed by atoms with Crippen LogP contribution in [0, 0.1) is 0 Å². The Morgan fingerprint density at radius 3 is 2.62 bits per heavy atom. The lowest BCUT2D eigenvalue weighted by atomic mass is 10.1. The molecule has 1 aromatic carbocycles. The molecule has 1 N–H and O–H groups in total. The maximum atomic E-state index is 12.2. The van der Waals surface area contributed by atoms with Crippen molar-refractivity contribution in [2.24, 2.45) is 19.1 Å². The maximum Gasteiger partial charge on any atom is 0.333 e. The normalized spacial score (nSPS) is 14.7. The van der Waals surface area contributed by atoms with Crippen LogP contribution < -0.4 is 11.2 Å². The van der Waals surface area contributed by atoms with Gasteiger partial charge in [0.25, 0.3) is 5.56 Å². The second-order valence-corrected chi connectivity index (χ2v) is 4.82. The SMILES string of the molecule is Cn1c(O)c(C=C2C=Nc3ccccc32)c(=O)n(C)c1=O. The monoisotopic (exact) mass is 283 g/mol. The molecule has 1 aliphatic heterocycles. The van der Waals surface area contributed by atoms with Crippen LogP contribution in [0.25, 0.3) is 11.6 Å². The Morgan fingerprint density at radius 1 is 1.14 bits per heavy atom. The molecule has 1 aliphatic rings. The van der Waals surface area contributed by atoms with E-state index in [1.54, 1.807) is 12.3 Å². The molecule has 0 saturated heterocycles. The van der Waals surface area contributed by atoms with Crippen molar-refractivity contribution in [1.29, 1.82) is 0 Å². The molecular weight excluding hydrogens is 270 g/mol. The van der Waals surface area contributed by atoms with Crippen molar-refractivity contribution in [3.8, 4) is 5.88 Å². The van der Waals surface area contributed by atoms with Crippen LogP contribution in [0.3, 0.4) is 0 Å². The Hall–Kier alpha value is -2.89. The molecule has 2 aromatic rings. The van der Waals surface area contributed by atoms with Gasteiger partial charge in [-0.05, 0) is 12.1 Å². The van der Waals surface area contributed by atoms with Crippen LogP contribution in [0.2, 0.25) is 0 Å². The standard InChI is InChI=1S/C15H13N3O3/c1-17-13(19)11(14(20)18(2)15(17)21)7-9-8-16-12-6-4-3-5-10(9)12/h3-8,19H,1-2H3. The van der Waals surface area contributed by atoms with Crippen LogP contribution in [-0.2, 0) is 14.1 Å². The van der Waals surface area contributed by atoms with E-state index in [9.17, 15) is 14.7 Å². The van der Waals surface area contributed by atoms with E-state index in [0.29, 0.717) is 0 Å². The molecule has 0 fully saturated rings. The first-order chi connectivity index (χ1) is 10.0. The van der Waals surface area contributed by atoms with Gasteiger partial charge in [0.15, 0.2) is 0 Å². The first-order valence-electron chi connectivity index (χ1n) is 6.35. The molecule has 1 aromatic heterocycles. The Kier molecular flexibility index (Phi) is 2.86. The van der Waals surface area contributed by atoms with Gasteiger partial charge in [-0.25, -0.2) is 4.79 Å². The summed E-state index contributed by atoms with van der Waals surface area (Å²) in [5, 5.41) is 10.1. The second kappa shape index (κ2) is 4.59. The Labute approximate surface area is 119 Å². The molecule has 0 radical (unpaired) electrons. The molecule has 0 unspecified atom stereocenters. The largest absolute Gasteiger partial charge is 0.494 e. The van der Waals surface area contributed by atoms with Crippen molar-refractivity contribution in [3.63, 3.8) is 0 Å². The highest BCUT2D eigenvalue weighted by molar-refractivity contribution is 6.21. The van der Waals surface area contributed by atoms with Crippen molar-refractivity contribution in [2.45, 2.75) is 0 Å². The zero-order valence-corrected chi connectivity index (χ0v) is 11.6. The third-order valence-electron chi connectivity index (χ3n) is 3.53. The summed E-state index contributed by atoms with van der Waals surface area (Å²) in [4.78, 5) is 28.1. The summed E-state index contributed by atoms with van der Waals surface area (Å²) >= 11 is 0. The molecule has 0 amide bonds. The number of rotatable bonds is 1. The number of benzene rings is 1. The molecule has 0 atom stereocenters. The van der Waals surface area contributed by atoms with E-state index in [1.807, 2.05) is 24.3 Å². The predicted octanol–water partition coefficient (Wildman–Crippen LogP) is 1.05. The third kappa shape index (κ3) is 1.92. The lowest BCUT2D eigenvalue weighted by molar-refractivity contribution is 0.410. The molecule has 3 rings (SSSR count). The highest BCUT2D eigenvalue weighted by Gasteiger charge is 2.16. The van der Waals surface area contributed by atoms with E-state index in [2.05, 4.69) is 4.99 Å². The van der Waals surface area contributed by atoms with E-state index in [4.69, 9.17) is 0 Å². The van der Waals surface area contributed by atoms with Crippen LogP contribution in [-0.4, -0.2) is 20.5 Å². The first-order valence-corrected chi connectivity index (χ1v) is 6.35. The lowest BCUT2D eigenvalue weighted by Gasteiger charge is -2.08. The van der Waals surface area contributed by atoms with Gasteiger partial charge in [-0.15, -0.1) is 0 Å². The highest BCUT2D eigenvalue weighted by atomic mass is 16.3. The minimum Gasteiger partial charge on any atom is -0.494 e. The van der Waals surface area contributed by atoms with Crippen LogP contribution >= 0.6 is 0 Å².